The van der Waals surface area contributed by atoms with Crippen LogP contribution in [0.15, 0.2) is 66.7 Å². The number of aldehydes is 1. The van der Waals surface area contributed by atoms with Crippen LogP contribution >= 0.6 is 0 Å². The third-order valence-corrected chi connectivity index (χ3v) is 8.26. The van der Waals surface area contributed by atoms with Gasteiger partial charge in [-0.05, 0) is 66.1 Å². The number of anilines is 1. The van der Waals surface area contributed by atoms with Gasteiger partial charge >= 0.3 is 5.97 Å². The number of fused-ring (bicyclic) bond motifs is 1. The lowest BCUT2D eigenvalue weighted by Gasteiger charge is -2.29. The molecule has 0 aliphatic heterocycles. The number of carboxylic acid groups (broad SMARTS) is 1. The molecule has 7 heteroatoms. The molecule has 2 atom stereocenters. The molecule has 1 aliphatic rings. The van der Waals surface area contributed by atoms with Gasteiger partial charge in [0.25, 0.3) is 0 Å². The van der Waals surface area contributed by atoms with Crippen molar-refractivity contribution < 1.29 is 19.5 Å². The number of unbranched alkanes of at least 4 members (excludes halogenated alkanes) is 1. The lowest BCUT2D eigenvalue weighted by Crippen LogP contribution is -2.32. The van der Waals surface area contributed by atoms with Gasteiger partial charge in [0, 0.05) is 31.0 Å². The molecule has 7 nitrogen and oxygen atoms in total. The molecule has 0 spiro atoms. The van der Waals surface area contributed by atoms with E-state index in [1.165, 1.54) is 0 Å². The molecule has 0 saturated heterocycles. The average Bonchev–Trinajstić information content (AvgIpc) is 3.33. The summed E-state index contributed by atoms with van der Waals surface area (Å²) in [5.74, 6) is 0.0242. The predicted molar refractivity (Wildman–Crippen MR) is 161 cm³/mol. The topological polar surface area (TPSA) is 101 Å². The lowest BCUT2D eigenvalue weighted by atomic mass is 9.77. The first-order valence-corrected chi connectivity index (χ1v) is 14.6. The number of nitrogens with zero attached hydrogens (tertiary/aromatic N) is 2. The summed E-state index contributed by atoms with van der Waals surface area (Å²) in [6, 6.07) is 20.9. The maximum Gasteiger partial charge on any atom is 0.336 e. The normalized spacial score (nSPS) is 16.9. The van der Waals surface area contributed by atoms with Crippen LogP contribution in [0.3, 0.4) is 0 Å². The Labute approximate surface area is 240 Å². The van der Waals surface area contributed by atoms with E-state index in [0.29, 0.717) is 18.5 Å². The number of carbonyl (C=O) groups is 3. The number of nitrogens with one attached hydrogen (secondary N) is 1. The number of benzene rings is 3. The number of aromatic nitrogens is 2. The predicted octanol–water partition coefficient (Wildman–Crippen LogP) is 7.13. The fraction of sp³-hybridized carbons (Fsp3) is 0.353. The number of amides is 1. The van der Waals surface area contributed by atoms with Crippen molar-refractivity contribution in [2.24, 2.45) is 11.8 Å². The maximum absolute atomic E-state index is 13.2. The van der Waals surface area contributed by atoms with Crippen LogP contribution in [0.2, 0.25) is 0 Å². The summed E-state index contributed by atoms with van der Waals surface area (Å²) in [6.45, 7) is 2.77. The molecular weight excluding hydrogens is 514 g/mol. The van der Waals surface area contributed by atoms with Crippen molar-refractivity contribution in [3.63, 3.8) is 0 Å². The molecule has 1 aliphatic carbocycles. The number of hydrogen-bond acceptors (Lipinski definition) is 4. The quantitative estimate of drug-likeness (QED) is 0.193. The first kappa shape index (κ1) is 28.3. The Kier molecular flexibility index (Phi) is 8.92. The van der Waals surface area contributed by atoms with Gasteiger partial charge in [0.2, 0.25) is 5.91 Å². The Hall–Kier alpha value is -4.26. The minimum Gasteiger partial charge on any atom is -0.478 e. The zero-order valence-electron chi connectivity index (χ0n) is 23.5. The van der Waals surface area contributed by atoms with Crippen molar-refractivity contribution in [1.29, 1.82) is 0 Å². The van der Waals surface area contributed by atoms with Crippen LogP contribution in [-0.4, -0.2) is 32.8 Å². The number of carboxylic acids is 1. The molecule has 2 unspecified atom stereocenters. The van der Waals surface area contributed by atoms with Crippen LogP contribution in [0, 0.1) is 11.8 Å². The van der Waals surface area contributed by atoms with Crippen molar-refractivity contribution >= 4 is 34.9 Å². The molecule has 1 amide bonds. The van der Waals surface area contributed by atoms with Crippen LogP contribution in [0.25, 0.3) is 22.2 Å². The molecule has 41 heavy (non-hydrogen) atoms. The van der Waals surface area contributed by atoms with E-state index in [2.05, 4.69) is 16.8 Å². The van der Waals surface area contributed by atoms with E-state index in [1.807, 2.05) is 54.6 Å². The summed E-state index contributed by atoms with van der Waals surface area (Å²) < 4.78 is 2.22. The highest BCUT2D eigenvalue weighted by Gasteiger charge is 2.30. The van der Waals surface area contributed by atoms with E-state index < -0.39 is 5.97 Å². The average molecular weight is 552 g/mol. The molecule has 1 fully saturated rings. The van der Waals surface area contributed by atoms with E-state index in [4.69, 9.17) is 4.98 Å². The Morgan fingerprint density at radius 1 is 1.05 bits per heavy atom. The van der Waals surface area contributed by atoms with Gasteiger partial charge in [-0.15, -0.1) is 0 Å². The Bertz CT molecular complexity index is 1540. The van der Waals surface area contributed by atoms with E-state index in [-0.39, 0.29) is 23.3 Å². The zero-order valence-corrected chi connectivity index (χ0v) is 23.5. The fourth-order valence-corrected chi connectivity index (χ4v) is 6.04. The third kappa shape index (κ3) is 6.40. The standard InChI is InChI=1S/C34H37N3O4/c1-2-3-12-32-36-30-18-17-26(35-33(39)28-10-5-4-8-24(28)19-20-38)21-31(30)37(32)22-23-13-15-25(16-14-23)27-9-6-7-11-29(27)34(40)41/h6-7,9,11,13-18,20-21,24,28H,2-5,8,10,12,19,22H2,1H3,(H,35,39)(H,40,41). The summed E-state index contributed by atoms with van der Waals surface area (Å²) in [6.07, 6.45) is 8.14. The molecular formula is C34H37N3O4. The van der Waals surface area contributed by atoms with Crippen LogP contribution in [0.5, 0.6) is 0 Å². The Morgan fingerprint density at radius 3 is 2.59 bits per heavy atom. The van der Waals surface area contributed by atoms with Crippen LogP contribution in [0.4, 0.5) is 5.69 Å². The molecule has 1 aromatic heterocycles. The van der Waals surface area contributed by atoms with Crippen molar-refractivity contribution in [3.8, 4) is 11.1 Å². The molecule has 1 saturated carbocycles. The monoisotopic (exact) mass is 551 g/mol. The number of imidazole rings is 1. The Morgan fingerprint density at radius 2 is 1.83 bits per heavy atom. The van der Waals surface area contributed by atoms with Crippen molar-refractivity contribution in [2.75, 3.05) is 5.32 Å². The molecule has 1 heterocycles. The minimum atomic E-state index is -0.944. The second-order valence-electron chi connectivity index (χ2n) is 11.0. The second kappa shape index (κ2) is 12.9. The van der Waals surface area contributed by atoms with Crippen molar-refractivity contribution in [1.82, 2.24) is 9.55 Å². The highest BCUT2D eigenvalue weighted by atomic mass is 16.4. The van der Waals surface area contributed by atoms with Gasteiger partial charge in [-0.3, -0.25) is 4.79 Å². The smallest absolute Gasteiger partial charge is 0.336 e. The summed E-state index contributed by atoms with van der Waals surface area (Å²) in [7, 11) is 0. The van der Waals surface area contributed by atoms with Crippen molar-refractivity contribution in [2.45, 2.75) is 64.8 Å². The third-order valence-electron chi connectivity index (χ3n) is 8.26. The maximum atomic E-state index is 13.2. The molecule has 212 valence electrons. The van der Waals surface area contributed by atoms with Gasteiger partial charge in [0.1, 0.15) is 12.1 Å². The van der Waals surface area contributed by atoms with Gasteiger partial charge in [-0.25, -0.2) is 9.78 Å². The summed E-state index contributed by atoms with van der Waals surface area (Å²) in [5.41, 5.74) is 5.49. The molecule has 2 N–H and O–H groups in total. The van der Waals surface area contributed by atoms with Crippen LogP contribution in [-0.2, 0) is 22.6 Å². The number of aromatic carboxylic acids is 1. The number of hydrogen-bond donors (Lipinski definition) is 2. The van der Waals surface area contributed by atoms with Gasteiger partial charge < -0.3 is 19.8 Å². The largest absolute Gasteiger partial charge is 0.478 e. The first-order chi connectivity index (χ1) is 20.0. The van der Waals surface area contributed by atoms with E-state index in [0.717, 1.165) is 84.9 Å². The number of carbonyl (C=O) groups excluding carboxylic acids is 2. The minimum absolute atomic E-state index is 0.00889. The molecule has 3 aromatic carbocycles. The van der Waals surface area contributed by atoms with Crippen LogP contribution < -0.4 is 5.32 Å². The van der Waals surface area contributed by atoms with Gasteiger partial charge in [-0.2, -0.15) is 0 Å². The number of rotatable bonds is 11. The van der Waals surface area contributed by atoms with E-state index in [9.17, 15) is 19.5 Å². The highest BCUT2D eigenvalue weighted by Crippen LogP contribution is 2.33. The zero-order chi connectivity index (χ0) is 28.8. The second-order valence-corrected chi connectivity index (χ2v) is 11.0. The summed E-state index contributed by atoms with van der Waals surface area (Å²) >= 11 is 0. The van der Waals surface area contributed by atoms with Crippen LogP contribution in [0.1, 0.15) is 73.6 Å². The SMILES string of the molecule is CCCCc1nc2ccc(NC(=O)C3CCCCC3CC=O)cc2n1Cc1ccc(-c2ccccc2C(=O)O)cc1. The van der Waals surface area contributed by atoms with E-state index in [1.54, 1.807) is 12.1 Å². The molecule has 5 rings (SSSR count). The fourth-order valence-electron chi connectivity index (χ4n) is 6.04. The molecule has 0 radical (unpaired) electrons. The van der Waals surface area contributed by atoms with E-state index >= 15 is 0 Å². The van der Waals surface area contributed by atoms with Gasteiger partial charge in [0.05, 0.1) is 16.6 Å². The number of aryl methyl sites for hydroxylation is 1. The lowest BCUT2D eigenvalue weighted by molar-refractivity contribution is -0.123. The summed E-state index contributed by atoms with van der Waals surface area (Å²) in [5, 5.41) is 12.7. The molecule has 4 aromatic rings. The van der Waals surface area contributed by atoms with Gasteiger partial charge in [0.15, 0.2) is 0 Å². The van der Waals surface area contributed by atoms with Gasteiger partial charge in [-0.1, -0.05) is 68.7 Å². The highest BCUT2D eigenvalue weighted by molar-refractivity contribution is 5.96. The first-order valence-electron chi connectivity index (χ1n) is 14.6. The Balaban J connectivity index is 1.42. The van der Waals surface area contributed by atoms with Crippen molar-refractivity contribution in [3.05, 3.63) is 83.7 Å². The summed E-state index contributed by atoms with van der Waals surface area (Å²) in [4.78, 5) is 41.1. The molecule has 0 bridgehead atoms.